The Morgan fingerprint density at radius 2 is 1.93 bits per heavy atom. The van der Waals surface area contributed by atoms with E-state index in [0.717, 1.165) is 28.9 Å². The van der Waals surface area contributed by atoms with E-state index >= 15 is 0 Å². The number of aromatic amines is 1. The van der Waals surface area contributed by atoms with Gasteiger partial charge in [-0.15, -0.1) is 0 Å². The van der Waals surface area contributed by atoms with Crippen molar-refractivity contribution in [1.82, 2.24) is 14.9 Å². The average Bonchev–Trinajstić information content (AvgIpc) is 3.11. The molecule has 0 saturated carbocycles. The van der Waals surface area contributed by atoms with Crippen LogP contribution >= 0.6 is 0 Å². The number of rotatable bonds is 2. The van der Waals surface area contributed by atoms with Crippen molar-refractivity contribution >= 4 is 16.8 Å². The van der Waals surface area contributed by atoms with Crippen molar-refractivity contribution < 1.29 is 4.79 Å². The van der Waals surface area contributed by atoms with E-state index < -0.39 is 0 Å². The summed E-state index contributed by atoms with van der Waals surface area (Å²) in [5.41, 5.74) is 7.33. The van der Waals surface area contributed by atoms with Gasteiger partial charge in [-0.05, 0) is 49.6 Å². The fourth-order valence-corrected chi connectivity index (χ4v) is 4.51. The summed E-state index contributed by atoms with van der Waals surface area (Å²) in [6, 6.07) is 20.4. The zero-order chi connectivity index (χ0) is 20.0. The van der Waals surface area contributed by atoms with Crippen LogP contribution in [-0.2, 0) is 6.42 Å². The summed E-state index contributed by atoms with van der Waals surface area (Å²) < 4.78 is 0. The Morgan fingerprint density at radius 1 is 1.07 bits per heavy atom. The highest BCUT2D eigenvalue weighted by atomic mass is 16.2. The van der Waals surface area contributed by atoms with Crippen molar-refractivity contribution in [3.63, 3.8) is 0 Å². The van der Waals surface area contributed by atoms with Crippen LogP contribution in [0.15, 0.2) is 66.9 Å². The quantitative estimate of drug-likeness (QED) is 0.533. The molecule has 4 aromatic rings. The molecular weight excluding hydrogens is 358 g/mol. The number of aryl methyl sites for hydroxylation is 2. The molecular formula is C25H23N3O. The van der Waals surface area contributed by atoms with Crippen LogP contribution in [0.2, 0.25) is 0 Å². The second-order valence-corrected chi connectivity index (χ2v) is 7.76. The first-order chi connectivity index (χ1) is 14.1. The SMILES string of the molecule is Cc1cccc([C@@H]2c3[nH]c4ccccc4c3CCN2C(=O)c2cccnc2C)c1. The summed E-state index contributed by atoms with van der Waals surface area (Å²) in [5.74, 6) is 0.0337. The number of amides is 1. The summed E-state index contributed by atoms with van der Waals surface area (Å²) in [7, 11) is 0. The first-order valence-electron chi connectivity index (χ1n) is 10.0. The van der Waals surface area contributed by atoms with E-state index in [1.165, 1.54) is 16.5 Å². The van der Waals surface area contributed by atoms with Crippen LogP contribution in [0.25, 0.3) is 10.9 Å². The molecule has 1 aliphatic rings. The van der Waals surface area contributed by atoms with Crippen LogP contribution in [0.5, 0.6) is 0 Å². The Hall–Kier alpha value is -3.40. The number of aromatic nitrogens is 2. The molecule has 144 valence electrons. The molecule has 4 nitrogen and oxygen atoms in total. The molecule has 0 fully saturated rings. The van der Waals surface area contributed by atoms with Crippen molar-refractivity contribution in [2.24, 2.45) is 0 Å². The lowest BCUT2D eigenvalue weighted by molar-refractivity contribution is 0.0690. The van der Waals surface area contributed by atoms with Gasteiger partial charge >= 0.3 is 0 Å². The topological polar surface area (TPSA) is 49.0 Å². The highest BCUT2D eigenvalue weighted by molar-refractivity contribution is 5.96. The summed E-state index contributed by atoms with van der Waals surface area (Å²) >= 11 is 0. The standard InChI is InChI=1S/C25H23N3O/c1-16-7-5-8-18(15-16)24-23-21(20-9-3-4-11-22(20)27-23)12-14-28(24)25(29)19-10-6-13-26-17(19)2/h3-11,13,15,24,27H,12,14H2,1-2H3/t24-/m1/s1. The van der Waals surface area contributed by atoms with E-state index in [2.05, 4.69) is 59.4 Å². The minimum atomic E-state index is -0.141. The first-order valence-corrected chi connectivity index (χ1v) is 10.0. The zero-order valence-electron chi connectivity index (χ0n) is 16.6. The van der Waals surface area contributed by atoms with Crippen LogP contribution in [0.3, 0.4) is 0 Å². The summed E-state index contributed by atoms with van der Waals surface area (Å²) in [5, 5.41) is 1.25. The van der Waals surface area contributed by atoms with E-state index in [4.69, 9.17) is 0 Å². The third-order valence-electron chi connectivity index (χ3n) is 5.89. The zero-order valence-corrected chi connectivity index (χ0v) is 16.6. The number of H-pyrrole nitrogens is 1. The van der Waals surface area contributed by atoms with Crippen molar-refractivity contribution in [2.45, 2.75) is 26.3 Å². The van der Waals surface area contributed by atoms with Gasteiger partial charge in [0.2, 0.25) is 0 Å². The van der Waals surface area contributed by atoms with Crippen molar-refractivity contribution in [3.05, 3.63) is 101 Å². The fraction of sp³-hybridized carbons (Fsp3) is 0.200. The number of benzene rings is 2. The number of nitrogens with zero attached hydrogens (tertiary/aromatic N) is 2. The van der Waals surface area contributed by atoms with Crippen LogP contribution in [0, 0.1) is 13.8 Å². The lowest BCUT2D eigenvalue weighted by Crippen LogP contribution is -2.41. The van der Waals surface area contributed by atoms with Crippen molar-refractivity contribution in [3.8, 4) is 0 Å². The fourth-order valence-electron chi connectivity index (χ4n) is 4.51. The molecule has 0 bridgehead atoms. The molecule has 4 heteroatoms. The van der Waals surface area contributed by atoms with Crippen LogP contribution in [0.1, 0.15) is 44.5 Å². The van der Waals surface area contributed by atoms with Gasteiger partial charge in [-0.2, -0.15) is 0 Å². The third-order valence-corrected chi connectivity index (χ3v) is 5.89. The largest absolute Gasteiger partial charge is 0.356 e. The molecule has 1 N–H and O–H groups in total. The van der Waals surface area contributed by atoms with Gasteiger partial charge in [-0.25, -0.2) is 0 Å². The number of fused-ring (bicyclic) bond motifs is 3. The minimum absolute atomic E-state index is 0.0337. The molecule has 0 radical (unpaired) electrons. The normalized spacial score (nSPS) is 16.1. The van der Waals surface area contributed by atoms with E-state index in [0.29, 0.717) is 12.1 Å². The lowest BCUT2D eigenvalue weighted by Gasteiger charge is -2.36. The molecule has 0 unspecified atom stereocenters. The Labute approximate surface area is 170 Å². The van der Waals surface area contributed by atoms with Gasteiger partial charge in [-0.1, -0.05) is 48.0 Å². The number of para-hydroxylation sites is 1. The van der Waals surface area contributed by atoms with Crippen molar-refractivity contribution in [1.29, 1.82) is 0 Å². The number of hydrogen-bond donors (Lipinski definition) is 1. The van der Waals surface area contributed by atoms with Crippen LogP contribution in [-0.4, -0.2) is 27.3 Å². The van der Waals surface area contributed by atoms with Gasteiger partial charge in [0, 0.05) is 35.0 Å². The van der Waals surface area contributed by atoms with E-state index in [9.17, 15) is 4.79 Å². The minimum Gasteiger partial charge on any atom is -0.356 e. The molecule has 29 heavy (non-hydrogen) atoms. The lowest BCUT2D eigenvalue weighted by atomic mass is 9.91. The smallest absolute Gasteiger partial charge is 0.256 e. The molecule has 1 amide bonds. The molecule has 0 spiro atoms. The molecule has 5 rings (SSSR count). The number of carbonyl (C=O) groups excluding carboxylic acids is 1. The van der Waals surface area contributed by atoms with Crippen molar-refractivity contribution in [2.75, 3.05) is 6.54 Å². The Bertz CT molecular complexity index is 1220. The maximum atomic E-state index is 13.6. The molecule has 1 atom stereocenters. The summed E-state index contributed by atoms with van der Waals surface area (Å²) in [6.45, 7) is 4.67. The second-order valence-electron chi connectivity index (χ2n) is 7.76. The molecule has 2 aromatic carbocycles. The highest BCUT2D eigenvalue weighted by Gasteiger charge is 2.35. The maximum Gasteiger partial charge on any atom is 0.256 e. The number of nitrogens with one attached hydrogen (secondary N) is 1. The van der Waals surface area contributed by atoms with Gasteiger partial charge in [0.05, 0.1) is 11.6 Å². The molecule has 0 aliphatic carbocycles. The summed E-state index contributed by atoms with van der Waals surface area (Å²) in [6.07, 6.45) is 2.57. The average molecular weight is 381 g/mol. The van der Waals surface area contributed by atoms with Crippen LogP contribution in [0.4, 0.5) is 0 Å². The number of carbonyl (C=O) groups is 1. The van der Waals surface area contributed by atoms with Gasteiger partial charge < -0.3 is 9.88 Å². The van der Waals surface area contributed by atoms with Gasteiger partial charge in [0.15, 0.2) is 0 Å². The monoisotopic (exact) mass is 381 g/mol. The Balaban J connectivity index is 1.69. The van der Waals surface area contributed by atoms with Crippen LogP contribution < -0.4 is 0 Å². The van der Waals surface area contributed by atoms with Gasteiger partial charge in [-0.3, -0.25) is 9.78 Å². The molecule has 2 aromatic heterocycles. The third kappa shape index (κ3) is 2.92. The van der Waals surface area contributed by atoms with E-state index in [1.807, 2.05) is 30.0 Å². The Morgan fingerprint density at radius 3 is 2.76 bits per heavy atom. The van der Waals surface area contributed by atoms with E-state index in [-0.39, 0.29) is 11.9 Å². The number of pyridine rings is 1. The predicted octanol–water partition coefficient (Wildman–Crippen LogP) is 4.97. The predicted molar refractivity (Wildman–Crippen MR) is 115 cm³/mol. The Kier molecular flexibility index (Phi) is 4.20. The van der Waals surface area contributed by atoms with Gasteiger partial charge in [0.1, 0.15) is 0 Å². The molecule has 1 aliphatic heterocycles. The van der Waals surface area contributed by atoms with Gasteiger partial charge in [0.25, 0.3) is 5.91 Å². The van der Waals surface area contributed by atoms with E-state index in [1.54, 1.807) is 6.20 Å². The summed E-state index contributed by atoms with van der Waals surface area (Å²) in [4.78, 5) is 23.5. The molecule has 3 heterocycles. The maximum absolute atomic E-state index is 13.6. The highest BCUT2D eigenvalue weighted by Crippen LogP contribution is 2.39. The second kappa shape index (κ2) is 6.89. The molecule has 0 saturated heterocycles. The first kappa shape index (κ1) is 17.7. The number of hydrogen-bond acceptors (Lipinski definition) is 2.